The maximum absolute atomic E-state index is 13.6. The minimum Gasteiger partial charge on any atom is -0.507 e. The summed E-state index contributed by atoms with van der Waals surface area (Å²) in [5.74, 6) is -0.485. The lowest BCUT2D eigenvalue weighted by molar-refractivity contribution is -0.132. The van der Waals surface area contributed by atoms with E-state index in [1.54, 1.807) is 24.3 Å². The van der Waals surface area contributed by atoms with Gasteiger partial charge in [0, 0.05) is 14.9 Å². The number of anilines is 1. The lowest BCUT2D eigenvalue weighted by atomic mass is 9.95. The van der Waals surface area contributed by atoms with Crippen LogP contribution < -0.4 is 9.64 Å². The third-order valence-corrected chi connectivity index (χ3v) is 10.3. The summed E-state index contributed by atoms with van der Waals surface area (Å²) in [5.41, 5.74) is 5.63. The van der Waals surface area contributed by atoms with E-state index in [1.165, 1.54) is 33.6 Å². The number of carbonyl (C=O) groups is 2. The molecule has 0 spiro atoms. The van der Waals surface area contributed by atoms with Crippen LogP contribution >= 0.6 is 45.7 Å². The van der Waals surface area contributed by atoms with Gasteiger partial charge in [0.25, 0.3) is 5.78 Å². The van der Waals surface area contributed by atoms with Crippen molar-refractivity contribution >= 4 is 68.3 Å². The van der Waals surface area contributed by atoms with Gasteiger partial charge in [-0.15, -0.1) is 10.2 Å². The summed E-state index contributed by atoms with van der Waals surface area (Å²) < 4.78 is 7.64. The minimum atomic E-state index is -0.873. The Morgan fingerprint density at radius 3 is 2.36 bits per heavy atom. The number of aromatic nitrogens is 2. The summed E-state index contributed by atoms with van der Waals surface area (Å²) in [6.45, 7) is 4.49. The smallest absolute Gasteiger partial charge is 0.301 e. The Balaban J connectivity index is 1.29. The summed E-state index contributed by atoms with van der Waals surface area (Å²) in [6, 6.07) is 29.8. The number of hydrogen-bond acceptors (Lipinski definition) is 8. The van der Waals surface area contributed by atoms with Crippen LogP contribution in [0.3, 0.4) is 0 Å². The summed E-state index contributed by atoms with van der Waals surface area (Å²) in [6.07, 6.45) is 0. The number of hydrogen-bond donors (Lipinski definition) is 1. The highest BCUT2D eigenvalue weighted by atomic mass is 127. The predicted octanol–water partition coefficient (Wildman–Crippen LogP) is 8.26. The first-order valence-electron chi connectivity index (χ1n) is 14.1. The van der Waals surface area contributed by atoms with Crippen LogP contribution in [0.25, 0.3) is 5.76 Å². The third kappa shape index (κ3) is 6.82. The highest BCUT2D eigenvalue weighted by Gasteiger charge is 2.48. The minimum absolute atomic E-state index is 0.00107. The van der Waals surface area contributed by atoms with Crippen LogP contribution in [0, 0.1) is 17.4 Å². The Kier molecular flexibility index (Phi) is 9.34. The van der Waals surface area contributed by atoms with Gasteiger partial charge in [0.05, 0.1) is 11.6 Å². The number of aryl methyl sites for hydroxylation is 2. The zero-order valence-electron chi connectivity index (χ0n) is 24.4. The molecule has 1 aliphatic heterocycles. The molecule has 7 nitrogen and oxygen atoms in total. The molecular formula is C35H28IN3O4S2. The number of aliphatic hydroxyl groups excluding tert-OH is 1. The first-order valence-corrected chi connectivity index (χ1v) is 17.0. The molecule has 0 saturated carbocycles. The van der Waals surface area contributed by atoms with Crippen LogP contribution in [0.5, 0.6) is 5.75 Å². The van der Waals surface area contributed by atoms with E-state index in [4.69, 9.17) is 4.74 Å². The van der Waals surface area contributed by atoms with E-state index in [0.29, 0.717) is 38.7 Å². The molecule has 1 N–H and O–H groups in total. The Morgan fingerprint density at radius 1 is 0.933 bits per heavy atom. The average Bonchev–Trinajstić information content (AvgIpc) is 3.62. The summed E-state index contributed by atoms with van der Waals surface area (Å²) in [7, 11) is 0. The first kappa shape index (κ1) is 31.0. The Hall–Kier alpha value is -4.00. The van der Waals surface area contributed by atoms with Crippen molar-refractivity contribution in [1.82, 2.24) is 10.2 Å². The second-order valence-electron chi connectivity index (χ2n) is 10.6. The fourth-order valence-electron chi connectivity index (χ4n) is 4.98. The molecule has 5 aromatic rings. The van der Waals surface area contributed by atoms with Gasteiger partial charge in [-0.3, -0.25) is 14.5 Å². The molecule has 45 heavy (non-hydrogen) atoms. The molecule has 1 fully saturated rings. The topological polar surface area (TPSA) is 92.6 Å². The normalized spacial score (nSPS) is 15.9. The Bertz CT molecular complexity index is 1890. The molecular weight excluding hydrogens is 717 g/mol. The van der Waals surface area contributed by atoms with Crippen LogP contribution in [0.1, 0.15) is 39.4 Å². The van der Waals surface area contributed by atoms with Crippen LogP contribution in [-0.2, 0) is 21.9 Å². The first-order chi connectivity index (χ1) is 21.8. The summed E-state index contributed by atoms with van der Waals surface area (Å²) >= 11 is 4.97. The number of carbonyl (C=O) groups excluding carboxylic acids is 2. The number of ether oxygens (including phenoxy) is 1. The number of Topliss-reactive ketones (excluding diaryl/α,β-unsaturated/α-hetero) is 1. The Labute approximate surface area is 283 Å². The molecule has 1 aromatic heterocycles. The number of thioether (sulfide) groups is 1. The third-order valence-electron chi connectivity index (χ3n) is 7.50. The van der Waals surface area contributed by atoms with Gasteiger partial charge < -0.3 is 9.84 Å². The highest BCUT2D eigenvalue weighted by molar-refractivity contribution is 14.1. The van der Waals surface area contributed by atoms with Crippen molar-refractivity contribution in [3.8, 4) is 5.75 Å². The van der Waals surface area contributed by atoms with Crippen molar-refractivity contribution < 1.29 is 19.4 Å². The molecule has 2 heterocycles. The largest absolute Gasteiger partial charge is 0.507 e. The van der Waals surface area contributed by atoms with Crippen molar-refractivity contribution in [2.24, 2.45) is 0 Å². The SMILES string of the molecule is Cc1ccc(CSc2nnc(N3C(=O)C(=O)/C(=C(/O)c4ccc(OCc5ccccc5C)cc4)C3c3ccc(I)cc3)s2)cc1. The molecule has 1 amide bonds. The van der Waals surface area contributed by atoms with E-state index in [-0.39, 0.29) is 11.3 Å². The number of rotatable bonds is 9. The maximum Gasteiger partial charge on any atom is 0.301 e. The molecule has 0 aliphatic carbocycles. The lowest BCUT2D eigenvalue weighted by Crippen LogP contribution is -2.29. The molecule has 1 aliphatic rings. The second kappa shape index (κ2) is 13.6. The molecule has 6 rings (SSSR count). The molecule has 10 heteroatoms. The summed E-state index contributed by atoms with van der Waals surface area (Å²) in [4.78, 5) is 28.5. The van der Waals surface area contributed by atoms with E-state index < -0.39 is 17.7 Å². The van der Waals surface area contributed by atoms with Gasteiger partial charge in [0.15, 0.2) is 4.34 Å². The maximum atomic E-state index is 13.6. The number of benzene rings is 4. The highest BCUT2D eigenvalue weighted by Crippen LogP contribution is 2.44. The number of aliphatic hydroxyl groups is 1. The van der Waals surface area contributed by atoms with Crippen LogP contribution in [0.2, 0.25) is 0 Å². The average molecular weight is 746 g/mol. The van der Waals surface area contributed by atoms with E-state index in [9.17, 15) is 14.7 Å². The molecule has 1 atom stereocenters. The van der Waals surface area contributed by atoms with Crippen molar-refractivity contribution in [1.29, 1.82) is 0 Å². The van der Waals surface area contributed by atoms with Gasteiger partial charge in [-0.25, -0.2) is 0 Å². The number of halogens is 1. The van der Waals surface area contributed by atoms with Crippen molar-refractivity contribution in [2.75, 3.05) is 4.90 Å². The standard InChI is InChI=1S/C35H28IN3O4S2/c1-21-7-9-23(10-8-21)20-44-35-38-37-34(45-35)39-30(24-11-15-27(36)16-12-24)29(32(41)33(39)42)31(40)25-13-17-28(18-14-25)43-19-26-6-4-3-5-22(26)2/h3-18,30,40H,19-20H2,1-2H3/b31-29+. The number of amides is 1. The van der Waals surface area contributed by atoms with Crippen molar-refractivity contribution in [2.45, 2.75) is 36.6 Å². The van der Waals surface area contributed by atoms with Gasteiger partial charge in [0.2, 0.25) is 5.13 Å². The van der Waals surface area contributed by atoms with E-state index in [0.717, 1.165) is 20.3 Å². The number of ketones is 1. The molecule has 1 unspecified atom stereocenters. The Morgan fingerprint density at radius 2 is 1.64 bits per heavy atom. The zero-order chi connectivity index (χ0) is 31.5. The van der Waals surface area contributed by atoms with E-state index in [2.05, 4.69) is 57.1 Å². The van der Waals surface area contributed by atoms with Crippen LogP contribution in [0.15, 0.2) is 107 Å². The number of nitrogens with zero attached hydrogens (tertiary/aromatic N) is 3. The van der Waals surface area contributed by atoms with Gasteiger partial charge in [-0.05, 0) is 95.1 Å². The molecule has 226 valence electrons. The fourth-order valence-corrected chi connectivity index (χ4v) is 7.16. The monoisotopic (exact) mass is 745 g/mol. The van der Waals surface area contributed by atoms with Crippen LogP contribution in [-0.4, -0.2) is 27.0 Å². The second-order valence-corrected chi connectivity index (χ2v) is 14.0. The lowest BCUT2D eigenvalue weighted by Gasteiger charge is -2.22. The van der Waals surface area contributed by atoms with E-state index >= 15 is 0 Å². The van der Waals surface area contributed by atoms with Gasteiger partial charge in [-0.1, -0.05) is 89.3 Å². The zero-order valence-corrected chi connectivity index (χ0v) is 28.2. The molecule has 0 bridgehead atoms. The molecule has 1 saturated heterocycles. The molecule has 4 aromatic carbocycles. The summed E-state index contributed by atoms with van der Waals surface area (Å²) in [5, 5.41) is 20.4. The van der Waals surface area contributed by atoms with Gasteiger partial charge in [0.1, 0.15) is 18.1 Å². The van der Waals surface area contributed by atoms with E-state index in [1.807, 2.05) is 62.4 Å². The van der Waals surface area contributed by atoms with Gasteiger partial charge in [-0.2, -0.15) is 0 Å². The fraction of sp³-hybridized carbons (Fsp3) is 0.143. The van der Waals surface area contributed by atoms with Crippen molar-refractivity contribution in [3.05, 3.63) is 140 Å². The molecule has 0 radical (unpaired) electrons. The van der Waals surface area contributed by atoms with Crippen LogP contribution in [0.4, 0.5) is 5.13 Å². The van der Waals surface area contributed by atoms with Crippen molar-refractivity contribution in [3.63, 3.8) is 0 Å². The quantitative estimate of drug-likeness (QED) is 0.0406. The predicted molar refractivity (Wildman–Crippen MR) is 187 cm³/mol. The van der Waals surface area contributed by atoms with Gasteiger partial charge >= 0.3 is 5.91 Å².